The summed E-state index contributed by atoms with van der Waals surface area (Å²) in [6.45, 7) is 0.402. The highest BCUT2D eigenvalue weighted by Gasteiger charge is 2.23. The number of carbonyl (C=O) groups excluding carboxylic acids is 1. The molecule has 0 aliphatic heterocycles. The monoisotopic (exact) mass is 500 g/mol. The molecule has 3 rings (SSSR count). The number of hydrogen-bond acceptors (Lipinski definition) is 6. The molecule has 0 heterocycles. The van der Waals surface area contributed by atoms with E-state index >= 15 is 0 Å². The number of ketones is 1. The van der Waals surface area contributed by atoms with Crippen LogP contribution in [0.15, 0.2) is 65.1 Å². The average molecular weight is 501 g/mol. The summed E-state index contributed by atoms with van der Waals surface area (Å²) in [5.74, 6) is 1.36. The largest absolute Gasteiger partial charge is 0.495 e. The summed E-state index contributed by atoms with van der Waals surface area (Å²) >= 11 is 3.43. The van der Waals surface area contributed by atoms with Gasteiger partial charge in [0.05, 0.1) is 14.2 Å². The van der Waals surface area contributed by atoms with Gasteiger partial charge in [0.2, 0.25) is 0 Å². The zero-order chi connectivity index (χ0) is 23.1. The van der Waals surface area contributed by atoms with Crippen molar-refractivity contribution in [2.24, 2.45) is 0 Å². The maximum Gasteiger partial charge on any atom is 0.193 e. The first-order chi connectivity index (χ1) is 15.5. The summed E-state index contributed by atoms with van der Waals surface area (Å²) in [4.78, 5) is 13.5. The van der Waals surface area contributed by atoms with Crippen molar-refractivity contribution in [1.82, 2.24) is 0 Å². The summed E-state index contributed by atoms with van der Waals surface area (Å²) in [6, 6.07) is 18.4. The molecule has 0 aliphatic carbocycles. The molecule has 0 saturated carbocycles. The molecule has 0 aromatic heterocycles. The smallest absolute Gasteiger partial charge is 0.193 e. The highest BCUT2D eigenvalue weighted by molar-refractivity contribution is 9.10. The third-order valence-electron chi connectivity index (χ3n) is 4.91. The molecular weight excluding hydrogens is 476 g/mol. The van der Waals surface area contributed by atoms with Crippen LogP contribution in [0.5, 0.6) is 17.2 Å². The molecule has 0 aliphatic rings. The van der Waals surface area contributed by atoms with E-state index in [1.807, 2.05) is 30.3 Å². The van der Waals surface area contributed by atoms with Gasteiger partial charge in [0.15, 0.2) is 12.1 Å². The minimum Gasteiger partial charge on any atom is -0.495 e. The Bertz CT molecular complexity index is 1040. The maximum absolute atomic E-state index is 13.5. The topological polar surface area (TPSA) is 63.2 Å². The van der Waals surface area contributed by atoms with Gasteiger partial charge < -0.3 is 23.7 Å². The third-order valence-corrected chi connectivity index (χ3v) is 5.69. The molecule has 0 radical (unpaired) electrons. The average Bonchev–Trinajstić information content (AvgIpc) is 2.84. The molecule has 0 amide bonds. The summed E-state index contributed by atoms with van der Waals surface area (Å²) in [5, 5.41) is 0. The minimum atomic E-state index is -0.742. The van der Waals surface area contributed by atoms with Gasteiger partial charge in [0.1, 0.15) is 28.3 Å². The number of hydrogen-bond donors (Lipinski definition) is 0. The number of methoxy groups -OCH3 is 4. The number of carbonyl (C=O) groups is 1. The number of benzene rings is 3. The molecule has 3 aromatic rings. The maximum atomic E-state index is 13.5. The molecule has 0 fully saturated rings. The normalized spacial score (nSPS) is 10.8. The Hall–Kier alpha value is -2.87. The van der Waals surface area contributed by atoms with Gasteiger partial charge in [-0.15, -0.1) is 0 Å². The lowest BCUT2D eigenvalue weighted by atomic mass is 9.97. The Kier molecular flexibility index (Phi) is 8.27. The first kappa shape index (κ1) is 23.8. The third kappa shape index (κ3) is 5.30. The summed E-state index contributed by atoms with van der Waals surface area (Å²) in [7, 11) is 6.10. The Labute approximate surface area is 196 Å². The molecule has 0 spiro atoms. The van der Waals surface area contributed by atoms with Gasteiger partial charge in [0.25, 0.3) is 0 Å². The van der Waals surface area contributed by atoms with Crippen LogP contribution < -0.4 is 14.2 Å². The van der Waals surface area contributed by atoms with Crippen LogP contribution in [0, 0.1) is 0 Å². The van der Waals surface area contributed by atoms with Crippen LogP contribution in [0.25, 0.3) is 0 Å². The van der Waals surface area contributed by atoms with E-state index in [0.29, 0.717) is 45.0 Å². The van der Waals surface area contributed by atoms with E-state index < -0.39 is 6.29 Å². The first-order valence-corrected chi connectivity index (χ1v) is 10.6. The van der Waals surface area contributed by atoms with E-state index in [9.17, 15) is 4.79 Å². The molecule has 3 aromatic carbocycles. The highest BCUT2D eigenvalue weighted by Crippen LogP contribution is 2.37. The van der Waals surface area contributed by atoms with E-state index in [2.05, 4.69) is 15.9 Å². The van der Waals surface area contributed by atoms with Gasteiger partial charge in [-0.1, -0.05) is 30.3 Å². The zero-order valence-electron chi connectivity index (χ0n) is 18.4. The minimum absolute atomic E-state index is 0.224. The van der Waals surface area contributed by atoms with Crippen LogP contribution in [0.2, 0.25) is 0 Å². The first-order valence-electron chi connectivity index (χ1n) is 9.84. The van der Waals surface area contributed by atoms with Crippen molar-refractivity contribution in [2.45, 2.75) is 12.9 Å². The van der Waals surface area contributed by atoms with Gasteiger partial charge in [-0.3, -0.25) is 4.79 Å². The van der Waals surface area contributed by atoms with E-state index in [4.69, 9.17) is 23.7 Å². The lowest BCUT2D eigenvalue weighted by molar-refractivity contribution is -0.106. The van der Waals surface area contributed by atoms with Crippen molar-refractivity contribution in [3.8, 4) is 17.2 Å². The van der Waals surface area contributed by atoms with Gasteiger partial charge >= 0.3 is 0 Å². The highest BCUT2D eigenvalue weighted by atomic mass is 79.9. The fraction of sp³-hybridized carbons (Fsp3) is 0.240. The van der Waals surface area contributed by atoms with Crippen LogP contribution in [0.1, 0.15) is 33.3 Å². The van der Waals surface area contributed by atoms with Crippen molar-refractivity contribution in [2.75, 3.05) is 28.4 Å². The molecule has 0 unspecified atom stereocenters. The standard InChI is InChI=1S/C25H25BrO6/c1-28-21-12-17(13-22(29-2)23(21)26)24(27)19-11-10-18(14-20(19)25(30-3)31-4)32-15-16-8-6-5-7-9-16/h5-14,25H,15H2,1-4H3. The fourth-order valence-electron chi connectivity index (χ4n) is 3.28. The quantitative estimate of drug-likeness (QED) is 0.268. The van der Waals surface area contributed by atoms with Crippen molar-refractivity contribution < 1.29 is 28.5 Å². The van der Waals surface area contributed by atoms with Crippen LogP contribution in [0.4, 0.5) is 0 Å². The molecule has 0 atom stereocenters. The second kappa shape index (κ2) is 11.1. The SMILES string of the molecule is COc1cc(C(=O)c2ccc(OCc3ccccc3)cc2C(OC)OC)cc(OC)c1Br. The Morgan fingerprint density at radius 3 is 2.06 bits per heavy atom. The van der Waals surface area contributed by atoms with Crippen LogP contribution in [0.3, 0.4) is 0 Å². The molecule has 168 valence electrons. The number of ether oxygens (including phenoxy) is 5. The van der Waals surface area contributed by atoms with Crippen LogP contribution in [-0.2, 0) is 16.1 Å². The van der Waals surface area contributed by atoms with Crippen molar-refractivity contribution >= 4 is 21.7 Å². The van der Waals surface area contributed by atoms with Gasteiger partial charge in [-0.05, 0) is 51.8 Å². The van der Waals surface area contributed by atoms with Crippen LogP contribution in [-0.4, -0.2) is 34.2 Å². The van der Waals surface area contributed by atoms with Crippen molar-refractivity contribution in [3.05, 3.63) is 87.4 Å². The molecular formula is C25H25BrO6. The van der Waals surface area contributed by atoms with E-state index in [1.165, 1.54) is 28.4 Å². The molecule has 0 N–H and O–H groups in total. The molecule has 6 nitrogen and oxygen atoms in total. The zero-order valence-corrected chi connectivity index (χ0v) is 20.0. The molecule has 0 bridgehead atoms. The summed E-state index contributed by atoms with van der Waals surface area (Å²) in [5.41, 5.74) is 2.44. The Balaban J connectivity index is 1.98. The van der Waals surface area contributed by atoms with Gasteiger partial charge in [-0.25, -0.2) is 0 Å². The molecule has 0 saturated heterocycles. The second-order valence-corrected chi connectivity index (χ2v) is 7.64. The predicted octanol–water partition coefficient (Wildman–Crippen LogP) is 5.57. The Morgan fingerprint density at radius 1 is 0.875 bits per heavy atom. The van der Waals surface area contributed by atoms with Crippen molar-refractivity contribution in [3.63, 3.8) is 0 Å². The summed E-state index contributed by atoms with van der Waals surface area (Å²) < 4.78 is 28.2. The van der Waals surface area contributed by atoms with Gasteiger partial charge in [0, 0.05) is 30.9 Å². The Morgan fingerprint density at radius 2 is 1.50 bits per heavy atom. The van der Waals surface area contributed by atoms with E-state index in [-0.39, 0.29) is 5.78 Å². The predicted molar refractivity (Wildman–Crippen MR) is 125 cm³/mol. The van der Waals surface area contributed by atoms with Gasteiger partial charge in [-0.2, -0.15) is 0 Å². The lowest BCUT2D eigenvalue weighted by Gasteiger charge is -2.19. The van der Waals surface area contributed by atoms with E-state index in [1.54, 1.807) is 30.3 Å². The summed E-state index contributed by atoms with van der Waals surface area (Å²) in [6.07, 6.45) is -0.742. The lowest BCUT2D eigenvalue weighted by Crippen LogP contribution is -2.13. The second-order valence-electron chi connectivity index (χ2n) is 6.85. The molecule has 7 heteroatoms. The fourth-order valence-corrected chi connectivity index (χ4v) is 3.83. The van der Waals surface area contributed by atoms with Crippen LogP contribution >= 0.6 is 15.9 Å². The molecule has 32 heavy (non-hydrogen) atoms. The van der Waals surface area contributed by atoms with E-state index in [0.717, 1.165) is 5.56 Å². The number of rotatable bonds is 10. The number of halogens is 1. The van der Waals surface area contributed by atoms with Crippen molar-refractivity contribution in [1.29, 1.82) is 0 Å².